The van der Waals surface area contributed by atoms with E-state index in [0.717, 1.165) is 5.56 Å². The molecule has 2 rings (SSSR count). The van der Waals surface area contributed by atoms with E-state index in [4.69, 9.17) is 0 Å². The minimum atomic E-state index is -0.497. The molecular formula is C16H17NO3. The summed E-state index contributed by atoms with van der Waals surface area (Å²) in [6, 6.07) is 13.7. The van der Waals surface area contributed by atoms with Gasteiger partial charge in [0.25, 0.3) is 5.91 Å². The second kappa shape index (κ2) is 6.21. The second-order valence-corrected chi connectivity index (χ2v) is 4.59. The molecule has 104 valence electrons. The predicted octanol–water partition coefficient (Wildman–Crippen LogP) is 2.16. The van der Waals surface area contributed by atoms with E-state index in [2.05, 4.69) is 5.32 Å². The fraction of sp³-hybridized carbons (Fsp3) is 0.188. The molecule has 1 amide bonds. The number of amides is 1. The first-order valence-electron chi connectivity index (χ1n) is 6.38. The number of phenolic OH excluding ortho intramolecular Hbond substituents is 1. The maximum atomic E-state index is 12.2. The number of nitrogens with one attached hydrogen (secondary N) is 1. The van der Waals surface area contributed by atoms with Gasteiger partial charge in [0.1, 0.15) is 5.75 Å². The van der Waals surface area contributed by atoms with E-state index in [9.17, 15) is 15.0 Å². The van der Waals surface area contributed by atoms with Crippen molar-refractivity contribution in [1.82, 2.24) is 5.32 Å². The van der Waals surface area contributed by atoms with E-state index in [1.807, 2.05) is 30.3 Å². The summed E-state index contributed by atoms with van der Waals surface area (Å²) in [5.41, 5.74) is 1.66. The standard InChI is InChI=1S/C16H17NO3/c1-11-6-5-9-13(15(11)19)16(20)17-14(10-18)12-7-3-2-4-8-12/h2-9,14,18-19H,10H2,1H3,(H,17,20)/t14-/m0/s1. The molecule has 2 aromatic rings. The van der Waals surface area contributed by atoms with E-state index >= 15 is 0 Å². The third-order valence-corrected chi connectivity index (χ3v) is 3.17. The van der Waals surface area contributed by atoms with Crippen molar-refractivity contribution in [2.45, 2.75) is 13.0 Å². The van der Waals surface area contributed by atoms with Crippen LogP contribution >= 0.6 is 0 Å². The molecule has 0 saturated heterocycles. The predicted molar refractivity (Wildman–Crippen MR) is 76.6 cm³/mol. The van der Waals surface area contributed by atoms with Crippen LogP contribution in [-0.2, 0) is 0 Å². The first-order chi connectivity index (χ1) is 9.63. The first-order valence-corrected chi connectivity index (χ1v) is 6.38. The van der Waals surface area contributed by atoms with E-state index < -0.39 is 11.9 Å². The minimum Gasteiger partial charge on any atom is -0.507 e. The summed E-state index contributed by atoms with van der Waals surface area (Å²) in [6.45, 7) is 1.52. The third-order valence-electron chi connectivity index (χ3n) is 3.17. The monoisotopic (exact) mass is 271 g/mol. The van der Waals surface area contributed by atoms with Crippen molar-refractivity contribution in [2.24, 2.45) is 0 Å². The fourth-order valence-electron chi connectivity index (χ4n) is 2.00. The molecular weight excluding hydrogens is 254 g/mol. The zero-order chi connectivity index (χ0) is 14.5. The highest BCUT2D eigenvalue weighted by Gasteiger charge is 2.17. The van der Waals surface area contributed by atoms with Gasteiger partial charge in [-0.2, -0.15) is 0 Å². The van der Waals surface area contributed by atoms with Gasteiger partial charge in [-0.25, -0.2) is 0 Å². The molecule has 0 aromatic heterocycles. The van der Waals surface area contributed by atoms with Crippen molar-refractivity contribution in [2.75, 3.05) is 6.61 Å². The molecule has 0 radical (unpaired) electrons. The van der Waals surface area contributed by atoms with Gasteiger partial charge in [0.05, 0.1) is 18.2 Å². The van der Waals surface area contributed by atoms with Crippen LogP contribution in [0.2, 0.25) is 0 Å². The molecule has 0 unspecified atom stereocenters. The Kier molecular flexibility index (Phi) is 4.38. The normalized spacial score (nSPS) is 11.9. The van der Waals surface area contributed by atoms with E-state index in [1.165, 1.54) is 0 Å². The zero-order valence-corrected chi connectivity index (χ0v) is 11.2. The number of phenols is 1. The summed E-state index contributed by atoms with van der Waals surface area (Å²) in [5.74, 6) is -0.441. The Labute approximate surface area is 117 Å². The second-order valence-electron chi connectivity index (χ2n) is 4.59. The van der Waals surface area contributed by atoms with Crippen molar-refractivity contribution in [3.8, 4) is 5.75 Å². The largest absolute Gasteiger partial charge is 0.507 e. The summed E-state index contributed by atoms with van der Waals surface area (Å²) in [7, 11) is 0. The van der Waals surface area contributed by atoms with Gasteiger partial charge in [0, 0.05) is 0 Å². The number of aliphatic hydroxyl groups excluding tert-OH is 1. The number of carbonyl (C=O) groups excluding carboxylic acids is 1. The molecule has 0 aliphatic heterocycles. The lowest BCUT2D eigenvalue weighted by Crippen LogP contribution is -2.30. The molecule has 2 aromatic carbocycles. The highest BCUT2D eigenvalue weighted by molar-refractivity contribution is 5.97. The number of aliphatic hydroxyl groups is 1. The molecule has 4 nitrogen and oxygen atoms in total. The number of para-hydroxylation sites is 1. The maximum absolute atomic E-state index is 12.2. The highest BCUT2D eigenvalue weighted by Crippen LogP contribution is 2.22. The quantitative estimate of drug-likeness (QED) is 0.798. The molecule has 0 spiro atoms. The van der Waals surface area contributed by atoms with Crippen LogP contribution in [0.3, 0.4) is 0 Å². The SMILES string of the molecule is Cc1cccc(C(=O)N[C@@H](CO)c2ccccc2)c1O. The summed E-state index contributed by atoms with van der Waals surface area (Å²) in [4.78, 5) is 12.2. The number of aromatic hydroxyl groups is 1. The Hall–Kier alpha value is -2.33. The van der Waals surface area contributed by atoms with Crippen LogP contribution in [0.5, 0.6) is 5.75 Å². The van der Waals surface area contributed by atoms with Crippen molar-refractivity contribution < 1.29 is 15.0 Å². The Morgan fingerprint density at radius 2 is 1.85 bits per heavy atom. The van der Waals surface area contributed by atoms with E-state index in [-0.39, 0.29) is 17.9 Å². The molecule has 0 saturated carbocycles. The fourth-order valence-corrected chi connectivity index (χ4v) is 2.00. The van der Waals surface area contributed by atoms with Gasteiger partial charge in [-0.05, 0) is 24.1 Å². The van der Waals surface area contributed by atoms with Crippen molar-refractivity contribution in [3.63, 3.8) is 0 Å². The number of carbonyl (C=O) groups is 1. The average molecular weight is 271 g/mol. The van der Waals surface area contributed by atoms with Crippen LogP contribution in [0.15, 0.2) is 48.5 Å². The van der Waals surface area contributed by atoms with Gasteiger partial charge in [-0.1, -0.05) is 42.5 Å². The topological polar surface area (TPSA) is 69.6 Å². The zero-order valence-electron chi connectivity index (χ0n) is 11.2. The number of rotatable bonds is 4. The molecule has 20 heavy (non-hydrogen) atoms. The Bertz CT molecular complexity index is 596. The summed E-state index contributed by atoms with van der Waals surface area (Å²) in [6.07, 6.45) is 0. The van der Waals surface area contributed by atoms with Gasteiger partial charge >= 0.3 is 0 Å². The minimum absolute atomic E-state index is 0.0326. The number of benzene rings is 2. The summed E-state index contributed by atoms with van der Waals surface area (Å²) in [5, 5.41) is 22.0. The van der Waals surface area contributed by atoms with Gasteiger partial charge < -0.3 is 15.5 Å². The third kappa shape index (κ3) is 2.97. The lowest BCUT2D eigenvalue weighted by molar-refractivity contribution is 0.0913. The summed E-state index contributed by atoms with van der Waals surface area (Å²) >= 11 is 0. The maximum Gasteiger partial charge on any atom is 0.255 e. The molecule has 3 N–H and O–H groups in total. The van der Waals surface area contributed by atoms with Gasteiger partial charge in [-0.15, -0.1) is 0 Å². The molecule has 0 aliphatic rings. The van der Waals surface area contributed by atoms with Crippen LogP contribution in [0.4, 0.5) is 0 Å². The lowest BCUT2D eigenvalue weighted by Gasteiger charge is -2.17. The average Bonchev–Trinajstić information content (AvgIpc) is 2.48. The Balaban J connectivity index is 2.20. The van der Waals surface area contributed by atoms with Crippen molar-refractivity contribution >= 4 is 5.91 Å². The van der Waals surface area contributed by atoms with Crippen LogP contribution in [-0.4, -0.2) is 22.7 Å². The van der Waals surface area contributed by atoms with Crippen LogP contribution in [0, 0.1) is 6.92 Å². The summed E-state index contributed by atoms with van der Waals surface area (Å²) < 4.78 is 0. The number of hydrogen-bond donors (Lipinski definition) is 3. The van der Waals surface area contributed by atoms with Crippen molar-refractivity contribution in [3.05, 3.63) is 65.2 Å². The van der Waals surface area contributed by atoms with Crippen LogP contribution in [0.1, 0.15) is 27.5 Å². The molecule has 1 atom stereocenters. The lowest BCUT2D eigenvalue weighted by atomic mass is 10.1. The van der Waals surface area contributed by atoms with E-state index in [1.54, 1.807) is 25.1 Å². The number of aryl methyl sites for hydroxylation is 1. The van der Waals surface area contributed by atoms with Crippen LogP contribution in [0.25, 0.3) is 0 Å². The molecule has 0 aliphatic carbocycles. The van der Waals surface area contributed by atoms with E-state index in [0.29, 0.717) is 5.56 Å². The Morgan fingerprint density at radius 3 is 2.50 bits per heavy atom. The molecule has 0 bridgehead atoms. The molecule has 0 fully saturated rings. The number of hydrogen-bond acceptors (Lipinski definition) is 3. The van der Waals surface area contributed by atoms with Gasteiger partial charge in [0.15, 0.2) is 0 Å². The van der Waals surface area contributed by atoms with Gasteiger partial charge in [0.2, 0.25) is 0 Å². The van der Waals surface area contributed by atoms with Crippen molar-refractivity contribution in [1.29, 1.82) is 0 Å². The smallest absolute Gasteiger partial charge is 0.255 e. The van der Waals surface area contributed by atoms with Crippen LogP contribution < -0.4 is 5.32 Å². The highest BCUT2D eigenvalue weighted by atomic mass is 16.3. The van der Waals surface area contributed by atoms with Gasteiger partial charge in [-0.3, -0.25) is 4.79 Å². The Morgan fingerprint density at radius 1 is 1.15 bits per heavy atom. The molecule has 0 heterocycles. The first kappa shape index (κ1) is 14.1. The molecule has 4 heteroatoms.